The van der Waals surface area contributed by atoms with Crippen molar-refractivity contribution >= 4 is 44.8 Å². The average molecular weight is 695 g/mol. The fraction of sp³-hybridized carbons (Fsp3) is 0.429. The molecular weight excluding hydrogens is 661 g/mol. The highest BCUT2D eigenvalue weighted by atomic mass is 32.2. The van der Waals surface area contributed by atoms with Crippen molar-refractivity contribution in [3.05, 3.63) is 54.4 Å². The number of amides is 1. The summed E-state index contributed by atoms with van der Waals surface area (Å²) in [5.41, 5.74) is 2.02. The number of aromatic amines is 1. The van der Waals surface area contributed by atoms with Crippen LogP contribution in [0.3, 0.4) is 0 Å². The number of alkyl halides is 3. The van der Waals surface area contributed by atoms with Crippen molar-refractivity contribution in [2.45, 2.75) is 68.0 Å². The lowest BCUT2D eigenvalue weighted by Crippen LogP contribution is -2.45. The number of nitrogens with one attached hydrogen (secondary N) is 4. The minimum atomic E-state index is -5.32. The van der Waals surface area contributed by atoms with Gasteiger partial charge in [0.1, 0.15) is 6.10 Å². The predicted molar refractivity (Wildman–Crippen MR) is 164 cm³/mol. The number of benzene rings is 1. The highest BCUT2D eigenvalue weighted by Gasteiger charge is 2.51. The molecule has 1 amide bonds. The maximum Gasteiger partial charge on any atom is 0.490 e. The van der Waals surface area contributed by atoms with Gasteiger partial charge in [0, 0.05) is 37.8 Å². The molecule has 1 aliphatic rings. The smallest absolute Gasteiger partial charge is 0.451 e. The molecule has 1 fully saturated rings. The van der Waals surface area contributed by atoms with Crippen LogP contribution in [0.25, 0.3) is 11.2 Å². The zero-order valence-electron chi connectivity index (χ0n) is 25.4. The number of aromatic nitrogens is 6. The number of imidazole rings is 2. The van der Waals surface area contributed by atoms with Crippen molar-refractivity contribution in [1.29, 1.82) is 0 Å². The molecule has 0 spiro atoms. The van der Waals surface area contributed by atoms with Crippen molar-refractivity contribution in [3.8, 4) is 0 Å². The summed E-state index contributed by atoms with van der Waals surface area (Å²) in [5, 5.41) is 25.0. The molecule has 1 saturated carbocycles. The van der Waals surface area contributed by atoms with E-state index in [2.05, 4.69) is 40.9 Å². The van der Waals surface area contributed by atoms with E-state index in [0.29, 0.717) is 25.9 Å². The van der Waals surface area contributed by atoms with E-state index in [0.717, 1.165) is 11.3 Å². The van der Waals surface area contributed by atoms with Crippen molar-refractivity contribution in [1.82, 2.24) is 34.8 Å². The molecule has 5 rings (SSSR count). The Kier molecular flexibility index (Phi) is 10.2. The van der Waals surface area contributed by atoms with Crippen molar-refractivity contribution in [3.63, 3.8) is 0 Å². The van der Waals surface area contributed by atoms with E-state index in [4.69, 9.17) is 9.88 Å². The number of nitrogens with zero attached hydrogens (tertiary/aromatic N) is 5. The summed E-state index contributed by atoms with van der Waals surface area (Å²) >= 11 is 0. The zero-order chi connectivity index (χ0) is 34.6. The summed E-state index contributed by atoms with van der Waals surface area (Å²) in [6.45, 7) is 2.25. The Morgan fingerprint density at radius 1 is 1.15 bits per heavy atom. The number of sulfonamides is 1. The van der Waals surface area contributed by atoms with Crippen LogP contribution >= 0.6 is 0 Å². The highest BCUT2D eigenvalue weighted by Crippen LogP contribution is 2.37. The minimum absolute atomic E-state index is 0.0270. The quantitative estimate of drug-likeness (QED) is 0.108. The third-order valence-corrected chi connectivity index (χ3v) is 8.66. The van der Waals surface area contributed by atoms with Crippen LogP contribution in [0, 0.1) is 0 Å². The Morgan fingerprint density at radius 3 is 2.52 bits per heavy atom. The minimum Gasteiger partial charge on any atom is -0.451 e. The number of aliphatic hydroxyl groups excluding tert-OH is 1. The number of nitrogens with two attached hydrogens (primary N) is 1. The van der Waals surface area contributed by atoms with Crippen molar-refractivity contribution < 1.29 is 41.0 Å². The number of ether oxygens (including phenoxy) is 1. The van der Waals surface area contributed by atoms with E-state index in [1.165, 1.54) is 29.4 Å². The molecule has 0 radical (unpaired) electrons. The maximum absolute atomic E-state index is 13.2. The maximum atomic E-state index is 13.2. The van der Waals surface area contributed by atoms with Gasteiger partial charge in [-0.1, -0.05) is 19.1 Å². The summed E-state index contributed by atoms with van der Waals surface area (Å²) in [6.07, 6.45) is -3.29. The number of anilines is 2. The Hall–Kier alpha value is -4.82. The van der Waals surface area contributed by atoms with Crippen LogP contribution < -0.4 is 21.1 Å². The van der Waals surface area contributed by atoms with Crippen LogP contribution in [0.4, 0.5) is 24.9 Å². The fourth-order valence-electron chi connectivity index (χ4n) is 5.32. The van der Waals surface area contributed by atoms with Gasteiger partial charge in [-0.3, -0.25) is 4.79 Å². The molecule has 48 heavy (non-hydrogen) atoms. The molecule has 0 unspecified atom stereocenters. The first-order valence-electron chi connectivity index (χ1n) is 14.8. The summed E-state index contributed by atoms with van der Waals surface area (Å²) in [4.78, 5) is 44.5. The summed E-state index contributed by atoms with van der Waals surface area (Å²) in [5.74, 6) is -2.53. The van der Waals surface area contributed by atoms with E-state index >= 15 is 0 Å². The first kappa shape index (κ1) is 34.5. The second kappa shape index (κ2) is 14.1. The number of hydrogen-bond donors (Lipinski definition) is 6. The SMILES string of the molecule is CCC(=O)N[C@H]1C[C@@H](n2cnc3c(NCCc4ccc(S(N)(=O)=O)cc4)nc(NCCc4cnc[nH]4)nc32)[C@H](OC(=O)C(F)(F)F)[C@@H]1O. The molecule has 20 heteroatoms. The van der Waals surface area contributed by atoms with Gasteiger partial charge in [0.2, 0.25) is 21.9 Å². The Morgan fingerprint density at radius 2 is 1.88 bits per heavy atom. The van der Waals surface area contributed by atoms with Crippen molar-refractivity contribution in [2.75, 3.05) is 23.7 Å². The van der Waals surface area contributed by atoms with Crippen LogP contribution in [0.5, 0.6) is 0 Å². The third-order valence-electron chi connectivity index (χ3n) is 7.73. The molecule has 0 saturated heterocycles. The highest BCUT2D eigenvalue weighted by molar-refractivity contribution is 7.89. The predicted octanol–water partition coefficient (Wildman–Crippen LogP) is 1.18. The van der Waals surface area contributed by atoms with Gasteiger partial charge in [-0.25, -0.2) is 28.3 Å². The lowest BCUT2D eigenvalue weighted by Gasteiger charge is -2.24. The number of H-pyrrole nitrogens is 1. The summed E-state index contributed by atoms with van der Waals surface area (Å²) in [6, 6.07) is 3.90. The van der Waals surface area contributed by atoms with E-state index in [1.54, 1.807) is 25.3 Å². The number of rotatable bonds is 13. The number of carbonyl (C=O) groups is 2. The van der Waals surface area contributed by atoms with Crippen LogP contribution in [-0.4, -0.2) is 92.4 Å². The van der Waals surface area contributed by atoms with Gasteiger partial charge < -0.3 is 35.3 Å². The second-order valence-electron chi connectivity index (χ2n) is 11.0. The molecule has 7 N–H and O–H groups in total. The largest absolute Gasteiger partial charge is 0.490 e. The average Bonchev–Trinajstić information content (AvgIpc) is 3.77. The number of aliphatic hydroxyl groups is 1. The number of fused-ring (bicyclic) bond motifs is 1. The van der Waals surface area contributed by atoms with Crippen molar-refractivity contribution in [2.24, 2.45) is 5.14 Å². The van der Waals surface area contributed by atoms with Crippen LogP contribution in [0.15, 0.2) is 48.0 Å². The molecule has 3 heterocycles. The van der Waals surface area contributed by atoms with Gasteiger partial charge in [-0.15, -0.1) is 0 Å². The third kappa shape index (κ3) is 8.00. The first-order chi connectivity index (χ1) is 22.7. The fourth-order valence-corrected chi connectivity index (χ4v) is 5.83. The topological polar surface area (TPSA) is 232 Å². The van der Waals surface area contributed by atoms with Gasteiger partial charge in [-0.2, -0.15) is 23.1 Å². The van der Waals surface area contributed by atoms with Gasteiger partial charge in [-0.05, 0) is 30.5 Å². The van der Waals surface area contributed by atoms with Gasteiger partial charge in [0.05, 0.1) is 29.6 Å². The molecule has 0 bridgehead atoms. The summed E-state index contributed by atoms with van der Waals surface area (Å²) < 4.78 is 69.0. The number of primary sulfonamides is 1. The molecule has 4 aromatic rings. The van der Waals surface area contributed by atoms with Crippen LogP contribution in [0.2, 0.25) is 0 Å². The lowest BCUT2D eigenvalue weighted by molar-refractivity contribution is -0.209. The van der Waals surface area contributed by atoms with Crippen LogP contribution in [-0.2, 0) is 37.2 Å². The number of halogens is 3. The summed E-state index contributed by atoms with van der Waals surface area (Å²) in [7, 11) is -3.85. The normalized spacial score (nSPS) is 19.7. The molecule has 0 aliphatic heterocycles. The molecule has 1 aliphatic carbocycles. The number of esters is 1. The first-order valence-corrected chi connectivity index (χ1v) is 16.4. The lowest BCUT2D eigenvalue weighted by atomic mass is 10.1. The van der Waals surface area contributed by atoms with Gasteiger partial charge in [0.15, 0.2) is 23.1 Å². The molecule has 1 aromatic carbocycles. The standard InChI is InChI=1S/C28H33F3N10O6S/c1-2-20(42)38-18-11-19(23(22(18)43)47-26(44)28(29,30)31)41-14-37-21-24(34-9-7-15-3-5-17(6-4-15)48(32,45)46)39-27(40-25(21)41)35-10-8-16-12-33-13-36-16/h3-6,12-14,18-19,22-23,43H,2,7-11H2,1H3,(H,33,36)(H,38,42)(H2,32,45,46)(H2,34,35,39,40)/t18-,19+,22+,23-/m0/s1. The molecule has 3 aromatic heterocycles. The Labute approximate surface area is 271 Å². The zero-order valence-corrected chi connectivity index (χ0v) is 26.3. The van der Waals surface area contributed by atoms with E-state index in [1.807, 2.05) is 0 Å². The van der Waals surface area contributed by atoms with E-state index < -0.39 is 52.4 Å². The molecule has 258 valence electrons. The van der Waals surface area contributed by atoms with E-state index in [-0.39, 0.29) is 40.7 Å². The Balaban J connectivity index is 1.45. The van der Waals surface area contributed by atoms with E-state index in [9.17, 15) is 36.3 Å². The number of hydrogen-bond acceptors (Lipinski definition) is 12. The molecule has 16 nitrogen and oxygen atoms in total. The van der Waals surface area contributed by atoms with Gasteiger partial charge in [0.25, 0.3) is 0 Å². The van der Waals surface area contributed by atoms with Gasteiger partial charge >= 0.3 is 12.1 Å². The second-order valence-corrected chi connectivity index (χ2v) is 12.6. The molecular formula is C28H33F3N10O6S. The monoisotopic (exact) mass is 694 g/mol. The Bertz CT molecular complexity index is 1850. The number of carbonyl (C=O) groups excluding carboxylic acids is 2. The van der Waals surface area contributed by atoms with Crippen LogP contribution in [0.1, 0.15) is 37.1 Å². The molecule has 4 atom stereocenters.